The summed E-state index contributed by atoms with van der Waals surface area (Å²) in [5.74, 6) is 0.443. The van der Waals surface area contributed by atoms with Gasteiger partial charge in [-0.05, 0) is 43.4 Å². The molecule has 8 heteroatoms. The van der Waals surface area contributed by atoms with E-state index in [9.17, 15) is 19.6 Å². The van der Waals surface area contributed by atoms with E-state index in [1.54, 1.807) is 12.0 Å². The second kappa shape index (κ2) is 7.59. The van der Waals surface area contributed by atoms with E-state index < -0.39 is 11.2 Å². The van der Waals surface area contributed by atoms with Crippen LogP contribution in [0.25, 0.3) is 0 Å². The molecule has 150 valence electrons. The zero-order valence-corrected chi connectivity index (χ0v) is 16.2. The highest BCUT2D eigenvalue weighted by molar-refractivity contribution is 5.76. The number of benzene rings is 1. The number of nitriles is 1. The molecule has 1 aromatic heterocycles. The van der Waals surface area contributed by atoms with Crippen LogP contribution >= 0.6 is 0 Å². The summed E-state index contributed by atoms with van der Waals surface area (Å²) in [6.45, 7) is 0.0452. The summed E-state index contributed by atoms with van der Waals surface area (Å²) in [4.78, 5) is 40.0. The van der Waals surface area contributed by atoms with Crippen molar-refractivity contribution < 1.29 is 9.53 Å². The Hall–Kier alpha value is -3.34. The van der Waals surface area contributed by atoms with Crippen molar-refractivity contribution in [3.63, 3.8) is 0 Å². The molecule has 0 bridgehead atoms. The van der Waals surface area contributed by atoms with E-state index in [-0.39, 0.29) is 30.1 Å². The van der Waals surface area contributed by atoms with E-state index in [0.29, 0.717) is 6.54 Å². The van der Waals surface area contributed by atoms with Gasteiger partial charge in [0.25, 0.3) is 5.56 Å². The number of methoxy groups -OCH3 is 1. The molecule has 2 aromatic rings. The first-order valence-corrected chi connectivity index (χ1v) is 9.70. The molecule has 8 nitrogen and oxygen atoms in total. The molecule has 1 heterocycles. The SMILES string of the molecule is COc1ccc(CN(C(=O)Cn2c(=O)c(C#N)cn(C3CC3)c2=O)C2CC2)cc1. The summed E-state index contributed by atoms with van der Waals surface area (Å²) < 4.78 is 7.48. The van der Waals surface area contributed by atoms with E-state index in [4.69, 9.17) is 4.74 Å². The monoisotopic (exact) mass is 394 g/mol. The molecule has 0 unspecified atom stereocenters. The number of ether oxygens (including phenoxy) is 1. The van der Waals surface area contributed by atoms with Crippen molar-refractivity contribution in [2.45, 2.75) is 50.9 Å². The Morgan fingerprint density at radius 2 is 1.90 bits per heavy atom. The minimum absolute atomic E-state index is 0.00962. The lowest BCUT2D eigenvalue weighted by Gasteiger charge is -2.23. The molecular formula is C21H22N4O4. The molecule has 0 radical (unpaired) electrons. The summed E-state index contributed by atoms with van der Waals surface area (Å²) in [5.41, 5.74) is -0.398. The highest BCUT2D eigenvalue weighted by Gasteiger charge is 2.33. The Balaban J connectivity index is 1.60. The van der Waals surface area contributed by atoms with Crippen molar-refractivity contribution >= 4 is 5.91 Å². The number of amides is 1. The first-order valence-electron chi connectivity index (χ1n) is 9.70. The van der Waals surface area contributed by atoms with Gasteiger partial charge in [0.15, 0.2) is 0 Å². The Kier molecular flexibility index (Phi) is 4.97. The van der Waals surface area contributed by atoms with Crippen molar-refractivity contribution in [3.8, 4) is 11.8 Å². The van der Waals surface area contributed by atoms with Crippen LogP contribution in [-0.2, 0) is 17.9 Å². The summed E-state index contributed by atoms with van der Waals surface area (Å²) in [5, 5.41) is 9.26. The molecule has 1 aromatic carbocycles. The molecule has 2 saturated carbocycles. The largest absolute Gasteiger partial charge is 0.497 e. The van der Waals surface area contributed by atoms with Crippen LogP contribution in [0, 0.1) is 11.3 Å². The molecule has 2 aliphatic carbocycles. The van der Waals surface area contributed by atoms with Crippen LogP contribution in [0.3, 0.4) is 0 Å². The van der Waals surface area contributed by atoms with Gasteiger partial charge in [-0.1, -0.05) is 12.1 Å². The van der Waals surface area contributed by atoms with Crippen LogP contribution in [-0.4, -0.2) is 33.1 Å². The fraction of sp³-hybridized carbons (Fsp3) is 0.429. The fourth-order valence-electron chi connectivity index (χ4n) is 3.41. The van der Waals surface area contributed by atoms with E-state index in [1.807, 2.05) is 30.3 Å². The van der Waals surface area contributed by atoms with Crippen molar-refractivity contribution in [3.05, 3.63) is 62.4 Å². The fourth-order valence-corrected chi connectivity index (χ4v) is 3.41. The maximum Gasteiger partial charge on any atom is 0.331 e. The van der Waals surface area contributed by atoms with Gasteiger partial charge in [0.2, 0.25) is 5.91 Å². The molecule has 0 aliphatic heterocycles. The van der Waals surface area contributed by atoms with Crippen LogP contribution in [0.15, 0.2) is 40.1 Å². The van der Waals surface area contributed by atoms with Crippen molar-refractivity contribution in [1.29, 1.82) is 5.26 Å². The topological polar surface area (TPSA) is 97.3 Å². The van der Waals surface area contributed by atoms with E-state index in [2.05, 4.69) is 0 Å². The number of rotatable bonds is 7. The molecule has 29 heavy (non-hydrogen) atoms. The highest BCUT2D eigenvalue weighted by Crippen LogP contribution is 2.33. The Bertz CT molecular complexity index is 1090. The highest BCUT2D eigenvalue weighted by atomic mass is 16.5. The van der Waals surface area contributed by atoms with Crippen molar-refractivity contribution in [1.82, 2.24) is 14.0 Å². The average molecular weight is 394 g/mol. The predicted octanol–water partition coefficient (Wildman–Crippen LogP) is 1.42. The maximum atomic E-state index is 13.0. The number of hydrogen-bond acceptors (Lipinski definition) is 5. The quantitative estimate of drug-likeness (QED) is 0.707. The third-order valence-electron chi connectivity index (χ3n) is 5.37. The number of hydrogen-bond donors (Lipinski definition) is 0. The minimum Gasteiger partial charge on any atom is -0.497 e. The number of carbonyl (C=O) groups excluding carboxylic acids is 1. The molecule has 0 N–H and O–H groups in total. The molecule has 0 saturated heterocycles. The first-order chi connectivity index (χ1) is 14.0. The van der Waals surface area contributed by atoms with Gasteiger partial charge in [-0.25, -0.2) is 9.36 Å². The second-order valence-corrected chi connectivity index (χ2v) is 7.57. The Morgan fingerprint density at radius 1 is 1.21 bits per heavy atom. The maximum absolute atomic E-state index is 13.0. The Labute approximate surface area is 167 Å². The average Bonchev–Trinajstić information content (AvgIpc) is 3.63. The minimum atomic E-state index is -0.706. The molecular weight excluding hydrogens is 372 g/mol. The van der Waals surface area contributed by atoms with Crippen molar-refractivity contribution in [2.24, 2.45) is 0 Å². The Morgan fingerprint density at radius 3 is 2.45 bits per heavy atom. The van der Waals surface area contributed by atoms with Crippen LogP contribution in [0.2, 0.25) is 0 Å². The normalized spacial score (nSPS) is 15.6. The van der Waals surface area contributed by atoms with E-state index >= 15 is 0 Å². The summed E-state index contributed by atoms with van der Waals surface area (Å²) >= 11 is 0. The summed E-state index contributed by atoms with van der Waals surface area (Å²) in [7, 11) is 1.59. The van der Waals surface area contributed by atoms with Gasteiger partial charge < -0.3 is 9.64 Å². The van der Waals surface area contributed by atoms with Gasteiger partial charge >= 0.3 is 5.69 Å². The standard InChI is InChI=1S/C21H22N4O4/c1-29-18-8-2-14(3-9-18)11-23(16-4-5-16)19(26)13-25-20(27)15(10-22)12-24(21(25)28)17-6-7-17/h2-3,8-9,12,16-17H,4-7,11,13H2,1H3. The van der Waals surface area contributed by atoms with Crippen LogP contribution in [0.5, 0.6) is 5.75 Å². The molecule has 0 atom stereocenters. The van der Waals surface area contributed by atoms with Gasteiger partial charge in [-0.15, -0.1) is 0 Å². The van der Waals surface area contributed by atoms with Crippen molar-refractivity contribution in [2.75, 3.05) is 7.11 Å². The number of nitrogens with zero attached hydrogens (tertiary/aromatic N) is 4. The molecule has 2 fully saturated rings. The molecule has 1 amide bonds. The van der Waals surface area contributed by atoms with E-state index in [0.717, 1.165) is 41.6 Å². The van der Waals surface area contributed by atoms with Crippen LogP contribution in [0.4, 0.5) is 0 Å². The predicted molar refractivity (Wildman–Crippen MR) is 105 cm³/mol. The zero-order chi connectivity index (χ0) is 20.5. The van der Waals surface area contributed by atoms with Crippen LogP contribution < -0.4 is 16.0 Å². The lowest BCUT2D eigenvalue weighted by molar-refractivity contribution is -0.133. The van der Waals surface area contributed by atoms with Gasteiger partial charge in [-0.2, -0.15) is 5.26 Å². The van der Waals surface area contributed by atoms with E-state index in [1.165, 1.54) is 10.8 Å². The third-order valence-corrected chi connectivity index (χ3v) is 5.37. The summed E-state index contributed by atoms with van der Waals surface area (Å²) in [6.07, 6.45) is 4.80. The van der Waals surface area contributed by atoms with Gasteiger partial charge in [0.1, 0.15) is 23.9 Å². The number of aromatic nitrogens is 2. The third kappa shape index (κ3) is 3.94. The lowest BCUT2D eigenvalue weighted by Crippen LogP contribution is -2.45. The lowest BCUT2D eigenvalue weighted by atomic mass is 10.2. The molecule has 0 spiro atoms. The van der Waals surface area contributed by atoms with Gasteiger partial charge in [0.05, 0.1) is 7.11 Å². The first kappa shape index (κ1) is 19.0. The van der Waals surface area contributed by atoms with Gasteiger partial charge in [0, 0.05) is 24.8 Å². The summed E-state index contributed by atoms with van der Waals surface area (Å²) in [6, 6.07) is 9.42. The second-order valence-electron chi connectivity index (χ2n) is 7.57. The zero-order valence-electron chi connectivity index (χ0n) is 16.2. The van der Waals surface area contributed by atoms with Gasteiger partial charge in [-0.3, -0.25) is 14.2 Å². The molecule has 2 aliphatic rings. The smallest absolute Gasteiger partial charge is 0.331 e. The number of carbonyl (C=O) groups is 1. The van der Waals surface area contributed by atoms with Crippen LogP contribution in [0.1, 0.15) is 42.9 Å². The molecule has 4 rings (SSSR count).